The molecule has 6 nitrogen and oxygen atoms in total. The lowest BCUT2D eigenvalue weighted by molar-refractivity contribution is 0.484. The highest BCUT2D eigenvalue weighted by Gasteiger charge is 2.17. The van der Waals surface area contributed by atoms with E-state index in [9.17, 15) is 0 Å². The molecule has 5 aromatic carbocycles. The summed E-state index contributed by atoms with van der Waals surface area (Å²) < 4.78 is 10.8. The van der Waals surface area contributed by atoms with Crippen LogP contribution in [0.1, 0.15) is 0 Å². The zero-order chi connectivity index (χ0) is 30.9. The molecule has 0 spiro atoms. The highest BCUT2D eigenvalue weighted by Crippen LogP contribution is 2.40. The van der Waals surface area contributed by atoms with E-state index in [1.54, 1.807) is 0 Å². The maximum atomic E-state index is 6.55. The maximum Gasteiger partial charge on any atom is 0.146 e. The normalized spacial score (nSPS) is 11.8. The van der Waals surface area contributed by atoms with Gasteiger partial charge in [-0.2, -0.15) is 0 Å². The van der Waals surface area contributed by atoms with Crippen molar-refractivity contribution in [1.82, 2.24) is 23.8 Å². The Morgan fingerprint density at radius 1 is 0.404 bits per heavy atom. The molecule has 0 aliphatic carbocycles. The standard InChI is InChI=1S/C41H25N5O/c1-3-8-26(9-4-1)33-24-35-31-16-14-29(23-37(31)40-43-18-20-45(40)38(35)25-34(33)27-10-5-2-6-11-27)47-28-13-15-30-32-12-7-17-42-39(32)46-21-19-44-41(46)36(30)22-28/h1-25H. The average molecular weight is 604 g/mol. The quantitative estimate of drug-likeness (QED) is 0.188. The Kier molecular flexibility index (Phi) is 5.48. The number of nitrogens with zero attached hydrogens (tertiary/aromatic N) is 5. The lowest BCUT2D eigenvalue weighted by atomic mass is 9.91. The number of benzene rings is 5. The predicted octanol–water partition coefficient (Wildman–Crippen LogP) is 10.1. The highest BCUT2D eigenvalue weighted by atomic mass is 16.5. The van der Waals surface area contributed by atoms with Gasteiger partial charge in [0.15, 0.2) is 0 Å². The zero-order valence-corrected chi connectivity index (χ0v) is 25.1. The molecule has 0 saturated heterocycles. The van der Waals surface area contributed by atoms with Gasteiger partial charge in [-0.05, 0) is 93.7 Å². The average Bonchev–Trinajstić information content (AvgIpc) is 3.84. The van der Waals surface area contributed by atoms with E-state index in [0.717, 1.165) is 66.3 Å². The van der Waals surface area contributed by atoms with Crippen LogP contribution in [0.25, 0.3) is 77.0 Å². The molecule has 0 saturated carbocycles. The Labute approximate surface area is 268 Å². The van der Waals surface area contributed by atoms with E-state index < -0.39 is 0 Å². The van der Waals surface area contributed by atoms with E-state index in [1.807, 2.05) is 53.6 Å². The summed E-state index contributed by atoms with van der Waals surface area (Å²) in [4.78, 5) is 14.1. The minimum Gasteiger partial charge on any atom is -0.457 e. The van der Waals surface area contributed by atoms with E-state index in [1.165, 1.54) is 22.3 Å². The number of pyridine rings is 3. The fourth-order valence-electron chi connectivity index (χ4n) is 7.04. The molecule has 47 heavy (non-hydrogen) atoms. The van der Waals surface area contributed by atoms with E-state index >= 15 is 0 Å². The van der Waals surface area contributed by atoms with Gasteiger partial charge < -0.3 is 4.74 Å². The van der Waals surface area contributed by atoms with E-state index in [-0.39, 0.29) is 0 Å². The van der Waals surface area contributed by atoms with Crippen LogP contribution >= 0.6 is 0 Å². The van der Waals surface area contributed by atoms with E-state index in [2.05, 4.69) is 117 Å². The Morgan fingerprint density at radius 2 is 0.957 bits per heavy atom. The molecule has 0 aliphatic heterocycles. The Hall–Kier alpha value is -6.53. The third-order valence-corrected chi connectivity index (χ3v) is 9.14. The van der Waals surface area contributed by atoms with Gasteiger partial charge in [0.25, 0.3) is 0 Å². The van der Waals surface area contributed by atoms with Crippen LogP contribution in [-0.4, -0.2) is 23.8 Å². The van der Waals surface area contributed by atoms with Gasteiger partial charge in [-0.25, -0.2) is 15.0 Å². The first-order valence-corrected chi connectivity index (χ1v) is 15.6. The molecular weight excluding hydrogens is 578 g/mol. The van der Waals surface area contributed by atoms with Crippen molar-refractivity contribution in [2.45, 2.75) is 0 Å². The third-order valence-electron chi connectivity index (χ3n) is 9.14. The van der Waals surface area contributed by atoms with Crippen molar-refractivity contribution >= 4 is 54.8 Å². The van der Waals surface area contributed by atoms with Gasteiger partial charge in [0.1, 0.15) is 28.4 Å². The molecule has 10 aromatic rings. The first-order valence-electron chi connectivity index (χ1n) is 15.6. The van der Waals surface area contributed by atoms with Crippen molar-refractivity contribution in [1.29, 1.82) is 0 Å². The summed E-state index contributed by atoms with van der Waals surface area (Å²) in [6.45, 7) is 0. The van der Waals surface area contributed by atoms with Crippen molar-refractivity contribution in [3.8, 4) is 33.8 Å². The van der Waals surface area contributed by atoms with Crippen LogP contribution < -0.4 is 4.74 Å². The molecule has 0 amide bonds. The lowest BCUT2D eigenvalue weighted by Gasteiger charge is -2.16. The summed E-state index contributed by atoms with van der Waals surface area (Å²) in [6, 6.07) is 42.4. The third kappa shape index (κ3) is 3.95. The number of aromatic nitrogens is 5. The number of hydrogen-bond acceptors (Lipinski definition) is 4. The molecule has 0 unspecified atom stereocenters. The van der Waals surface area contributed by atoms with Gasteiger partial charge in [0.2, 0.25) is 0 Å². The summed E-state index contributed by atoms with van der Waals surface area (Å²) >= 11 is 0. The monoisotopic (exact) mass is 603 g/mol. The molecule has 5 aromatic heterocycles. The minimum absolute atomic E-state index is 0.740. The highest BCUT2D eigenvalue weighted by molar-refractivity contribution is 6.15. The van der Waals surface area contributed by atoms with Gasteiger partial charge in [0.05, 0.1) is 5.52 Å². The molecule has 0 atom stereocenters. The number of ether oxygens (including phenoxy) is 1. The molecule has 220 valence electrons. The molecule has 10 rings (SSSR count). The molecule has 0 bridgehead atoms. The van der Waals surface area contributed by atoms with E-state index in [4.69, 9.17) is 9.72 Å². The fourth-order valence-corrected chi connectivity index (χ4v) is 7.04. The summed E-state index contributed by atoms with van der Waals surface area (Å²) in [5.41, 5.74) is 8.47. The molecule has 5 heterocycles. The van der Waals surface area contributed by atoms with Crippen LogP contribution in [0.5, 0.6) is 11.5 Å². The van der Waals surface area contributed by atoms with Crippen LogP contribution in [0.2, 0.25) is 0 Å². The Balaban J connectivity index is 1.15. The first-order chi connectivity index (χ1) is 23.3. The van der Waals surface area contributed by atoms with Crippen LogP contribution in [0, 0.1) is 0 Å². The summed E-state index contributed by atoms with van der Waals surface area (Å²) in [6.07, 6.45) is 9.49. The van der Waals surface area contributed by atoms with Crippen molar-refractivity contribution in [3.05, 3.63) is 152 Å². The molecule has 0 aliphatic rings. The second kappa shape index (κ2) is 9.99. The van der Waals surface area contributed by atoms with Gasteiger partial charge in [0, 0.05) is 52.5 Å². The number of fused-ring (bicyclic) bond motifs is 12. The first kappa shape index (κ1) is 25.8. The summed E-state index contributed by atoms with van der Waals surface area (Å²) in [7, 11) is 0. The van der Waals surface area contributed by atoms with E-state index in [0.29, 0.717) is 0 Å². The van der Waals surface area contributed by atoms with Gasteiger partial charge in [-0.15, -0.1) is 0 Å². The largest absolute Gasteiger partial charge is 0.457 e. The number of imidazole rings is 2. The minimum atomic E-state index is 0.740. The van der Waals surface area contributed by atoms with Gasteiger partial charge in [-0.3, -0.25) is 8.80 Å². The van der Waals surface area contributed by atoms with Crippen molar-refractivity contribution in [2.75, 3.05) is 0 Å². The van der Waals surface area contributed by atoms with Crippen LogP contribution in [0.3, 0.4) is 0 Å². The zero-order valence-electron chi connectivity index (χ0n) is 25.1. The topological polar surface area (TPSA) is 56.7 Å². The second-order valence-corrected chi connectivity index (χ2v) is 11.8. The smallest absolute Gasteiger partial charge is 0.146 e. The summed E-state index contributed by atoms with van der Waals surface area (Å²) in [5.74, 6) is 1.48. The number of hydrogen-bond donors (Lipinski definition) is 0. The second-order valence-electron chi connectivity index (χ2n) is 11.8. The number of rotatable bonds is 4. The summed E-state index contributed by atoms with van der Waals surface area (Å²) in [5, 5.41) is 6.48. The van der Waals surface area contributed by atoms with Crippen LogP contribution in [0.4, 0.5) is 0 Å². The molecule has 0 N–H and O–H groups in total. The van der Waals surface area contributed by atoms with Crippen LogP contribution in [-0.2, 0) is 0 Å². The fraction of sp³-hybridized carbons (Fsp3) is 0. The van der Waals surface area contributed by atoms with Crippen LogP contribution in [0.15, 0.2) is 152 Å². The van der Waals surface area contributed by atoms with Crippen molar-refractivity contribution in [2.24, 2.45) is 0 Å². The SMILES string of the molecule is c1ccc(-c2cc3c4ccc(Oc5ccc6c7cccnc7n7ccnc7c6c5)cc4c4nccn4c3cc2-c2ccccc2)cc1. The van der Waals surface area contributed by atoms with Crippen molar-refractivity contribution < 1.29 is 4.74 Å². The maximum absolute atomic E-state index is 6.55. The molecule has 0 radical (unpaired) electrons. The Bertz CT molecular complexity index is 2820. The van der Waals surface area contributed by atoms with Gasteiger partial charge in [-0.1, -0.05) is 60.7 Å². The molecule has 6 heteroatoms. The molecule has 0 fully saturated rings. The Morgan fingerprint density at radius 3 is 1.64 bits per heavy atom. The van der Waals surface area contributed by atoms with Crippen molar-refractivity contribution in [3.63, 3.8) is 0 Å². The van der Waals surface area contributed by atoms with Gasteiger partial charge >= 0.3 is 0 Å². The molecular formula is C41H25N5O. The lowest BCUT2D eigenvalue weighted by Crippen LogP contribution is -1.95. The predicted molar refractivity (Wildman–Crippen MR) is 189 cm³/mol.